The van der Waals surface area contributed by atoms with Gasteiger partial charge in [-0.3, -0.25) is 9.59 Å². The van der Waals surface area contributed by atoms with Gasteiger partial charge in [-0.15, -0.1) is 0 Å². The molecule has 1 saturated carbocycles. The molecule has 3 aliphatic heterocycles. The fraction of sp³-hybridized carbons (Fsp3) is 0.579. The molecule has 0 unspecified atom stereocenters. The van der Waals surface area contributed by atoms with Crippen molar-refractivity contribution in [3.8, 4) is 0 Å². The van der Waals surface area contributed by atoms with Gasteiger partial charge in [-0.2, -0.15) is 0 Å². The standard InChI is InChI=1S/C19H24N2O4/c1-20(14-5-3-2-4-6-14)15-7-9-21(10-8-15)16(22)19-11-18(12-19,13-25-19)17(23)24/h2-6,15H,7-13H2,1H3,(H,23,24). The Kier molecular flexibility index (Phi) is 3.76. The lowest BCUT2D eigenvalue weighted by Crippen LogP contribution is -2.59. The first-order valence-corrected chi connectivity index (χ1v) is 8.90. The first-order valence-electron chi connectivity index (χ1n) is 8.90. The molecule has 25 heavy (non-hydrogen) atoms. The maximum absolute atomic E-state index is 12.9. The number of amides is 1. The third kappa shape index (κ3) is 2.51. The van der Waals surface area contributed by atoms with Crippen LogP contribution >= 0.6 is 0 Å². The number of fused-ring (bicyclic) bond motifs is 1. The molecule has 0 aromatic heterocycles. The van der Waals surface area contributed by atoms with Gasteiger partial charge >= 0.3 is 5.97 Å². The van der Waals surface area contributed by atoms with E-state index in [0.29, 0.717) is 32.0 Å². The van der Waals surface area contributed by atoms with E-state index in [2.05, 4.69) is 24.1 Å². The molecular formula is C19H24N2O4. The summed E-state index contributed by atoms with van der Waals surface area (Å²) in [5.74, 6) is -0.848. The fourth-order valence-corrected chi connectivity index (χ4v) is 4.57. The normalized spacial score (nSPS) is 31.5. The number of anilines is 1. The molecule has 1 aromatic carbocycles. The molecule has 1 N–H and O–H groups in total. The Hall–Kier alpha value is -2.08. The maximum Gasteiger partial charge on any atom is 0.312 e. The second-order valence-electron chi connectivity index (χ2n) is 7.69. The molecule has 1 amide bonds. The number of carbonyl (C=O) groups excluding carboxylic acids is 1. The van der Waals surface area contributed by atoms with E-state index in [0.717, 1.165) is 12.8 Å². The highest BCUT2D eigenvalue weighted by atomic mass is 16.5. The van der Waals surface area contributed by atoms with Crippen LogP contribution in [0.1, 0.15) is 25.7 Å². The van der Waals surface area contributed by atoms with Gasteiger partial charge in [0.05, 0.1) is 12.0 Å². The first kappa shape index (κ1) is 16.4. The monoisotopic (exact) mass is 344 g/mol. The van der Waals surface area contributed by atoms with Crippen LogP contribution in [0.15, 0.2) is 30.3 Å². The lowest BCUT2D eigenvalue weighted by Gasteiger charge is -2.45. The second kappa shape index (κ2) is 5.73. The Morgan fingerprint density at radius 1 is 1.20 bits per heavy atom. The van der Waals surface area contributed by atoms with E-state index in [9.17, 15) is 14.7 Å². The lowest BCUT2D eigenvalue weighted by atomic mass is 9.62. The van der Waals surface area contributed by atoms with Gasteiger partial charge in [-0.05, 0) is 25.0 Å². The molecule has 1 aromatic rings. The summed E-state index contributed by atoms with van der Waals surface area (Å²) in [6.45, 7) is 1.57. The first-order chi connectivity index (χ1) is 12.0. The van der Waals surface area contributed by atoms with Crippen LogP contribution in [-0.2, 0) is 14.3 Å². The maximum atomic E-state index is 12.9. The molecule has 6 nitrogen and oxygen atoms in total. The van der Waals surface area contributed by atoms with Crippen LogP contribution in [0.3, 0.4) is 0 Å². The average Bonchev–Trinajstić information content (AvgIpc) is 3.20. The zero-order chi connectivity index (χ0) is 17.7. The molecule has 4 aliphatic rings. The number of para-hydroxylation sites is 1. The topological polar surface area (TPSA) is 70.1 Å². The Bertz CT molecular complexity index is 676. The van der Waals surface area contributed by atoms with Crippen LogP contribution < -0.4 is 4.90 Å². The van der Waals surface area contributed by atoms with Crippen LogP contribution in [0.2, 0.25) is 0 Å². The van der Waals surface area contributed by atoms with Crippen molar-refractivity contribution in [3.63, 3.8) is 0 Å². The van der Waals surface area contributed by atoms with Crippen molar-refractivity contribution in [2.75, 3.05) is 31.6 Å². The predicted molar refractivity (Wildman–Crippen MR) is 92.4 cm³/mol. The largest absolute Gasteiger partial charge is 0.481 e. The Labute approximate surface area is 147 Å². The van der Waals surface area contributed by atoms with E-state index in [1.165, 1.54) is 5.69 Å². The highest BCUT2D eigenvalue weighted by Gasteiger charge is 2.70. The number of aliphatic carboxylic acids is 1. The number of likely N-dealkylation sites (tertiary alicyclic amines) is 1. The van der Waals surface area contributed by atoms with Crippen molar-refractivity contribution >= 4 is 17.6 Å². The summed E-state index contributed by atoms with van der Waals surface area (Å²) in [6, 6.07) is 10.7. The molecule has 0 spiro atoms. The highest BCUT2D eigenvalue weighted by Crippen LogP contribution is 2.58. The minimum atomic E-state index is -0.865. The van der Waals surface area contributed by atoms with Crippen LogP contribution in [-0.4, -0.2) is 60.3 Å². The molecule has 0 radical (unpaired) electrons. The lowest BCUT2D eigenvalue weighted by molar-refractivity contribution is -0.165. The van der Waals surface area contributed by atoms with Gasteiger partial charge in [0.1, 0.15) is 5.60 Å². The second-order valence-corrected chi connectivity index (χ2v) is 7.69. The smallest absolute Gasteiger partial charge is 0.312 e. The summed E-state index contributed by atoms with van der Waals surface area (Å²) >= 11 is 0. The van der Waals surface area contributed by atoms with Crippen molar-refractivity contribution in [1.82, 2.24) is 4.90 Å². The molecule has 3 saturated heterocycles. The van der Waals surface area contributed by atoms with Crippen molar-refractivity contribution in [2.45, 2.75) is 37.3 Å². The number of hydrogen-bond donors (Lipinski definition) is 1. The summed E-state index contributed by atoms with van der Waals surface area (Å²) < 4.78 is 5.66. The highest BCUT2D eigenvalue weighted by molar-refractivity contribution is 5.92. The van der Waals surface area contributed by atoms with E-state index in [1.807, 2.05) is 23.1 Å². The zero-order valence-corrected chi connectivity index (χ0v) is 14.5. The molecule has 5 rings (SSSR count). The van der Waals surface area contributed by atoms with Crippen molar-refractivity contribution in [1.29, 1.82) is 0 Å². The summed E-state index contributed by atoms with van der Waals surface area (Å²) in [4.78, 5) is 28.4. The van der Waals surface area contributed by atoms with E-state index in [1.54, 1.807) is 0 Å². The molecule has 0 atom stereocenters. The van der Waals surface area contributed by atoms with Gasteiger partial charge in [0.2, 0.25) is 0 Å². The van der Waals surface area contributed by atoms with Crippen molar-refractivity contribution < 1.29 is 19.4 Å². The number of benzene rings is 1. The number of carbonyl (C=O) groups is 2. The Balaban J connectivity index is 1.35. The summed E-state index contributed by atoms with van der Waals surface area (Å²) in [7, 11) is 2.10. The number of piperidine rings is 1. The third-order valence-electron chi connectivity index (χ3n) is 6.18. The zero-order valence-electron chi connectivity index (χ0n) is 14.5. The van der Waals surface area contributed by atoms with Crippen molar-refractivity contribution in [2.24, 2.45) is 5.41 Å². The van der Waals surface area contributed by atoms with Crippen LogP contribution in [0.5, 0.6) is 0 Å². The molecule has 2 bridgehead atoms. The van der Waals surface area contributed by atoms with Gasteiger partial charge in [-0.1, -0.05) is 18.2 Å². The minimum Gasteiger partial charge on any atom is -0.481 e. The van der Waals surface area contributed by atoms with E-state index < -0.39 is 17.0 Å². The van der Waals surface area contributed by atoms with E-state index >= 15 is 0 Å². The SMILES string of the molecule is CN(c1ccccc1)C1CCN(C(=O)C23CC(C(=O)O)(CO2)C3)CC1. The van der Waals surface area contributed by atoms with Gasteiger partial charge in [0.15, 0.2) is 0 Å². The molecular weight excluding hydrogens is 320 g/mol. The molecule has 1 aliphatic carbocycles. The van der Waals surface area contributed by atoms with Crippen LogP contribution in [0.4, 0.5) is 5.69 Å². The number of ether oxygens (including phenoxy) is 1. The van der Waals surface area contributed by atoms with Crippen LogP contribution in [0.25, 0.3) is 0 Å². The van der Waals surface area contributed by atoms with Crippen molar-refractivity contribution in [3.05, 3.63) is 30.3 Å². The number of nitrogens with zero attached hydrogens (tertiary/aromatic N) is 2. The fourth-order valence-electron chi connectivity index (χ4n) is 4.57. The summed E-state index contributed by atoms with van der Waals surface area (Å²) in [6.07, 6.45) is 2.49. The molecule has 3 heterocycles. The number of hydrogen-bond acceptors (Lipinski definition) is 4. The number of rotatable bonds is 4. The quantitative estimate of drug-likeness (QED) is 0.901. The Morgan fingerprint density at radius 3 is 2.40 bits per heavy atom. The average molecular weight is 344 g/mol. The number of carboxylic acid groups (broad SMARTS) is 1. The summed E-state index contributed by atoms with van der Waals surface area (Å²) in [5.41, 5.74) is -0.492. The van der Waals surface area contributed by atoms with Gasteiger partial charge in [0, 0.05) is 44.7 Å². The minimum absolute atomic E-state index is 0.0114. The van der Waals surface area contributed by atoms with Gasteiger partial charge in [0.25, 0.3) is 5.91 Å². The van der Waals surface area contributed by atoms with E-state index in [-0.39, 0.29) is 12.5 Å². The predicted octanol–water partition coefficient (Wildman–Crippen LogP) is 1.75. The number of carboxylic acids is 1. The van der Waals surface area contributed by atoms with Gasteiger partial charge in [-0.25, -0.2) is 0 Å². The third-order valence-corrected chi connectivity index (χ3v) is 6.18. The Morgan fingerprint density at radius 2 is 1.84 bits per heavy atom. The summed E-state index contributed by atoms with van der Waals surface area (Å²) in [5, 5.41) is 9.31. The molecule has 4 fully saturated rings. The van der Waals surface area contributed by atoms with Gasteiger partial charge < -0.3 is 19.6 Å². The van der Waals surface area contributed by atoms with E-state index in [4.69, 9.17) is 4.74 Å². The molecule has 134 valence electrons. The van der Waals surface area contributed by atoms with Crippen LogP contribution in [0, 0.1) is 5.41 Å². The molecule has 6 heteroatoms.